The fourth-order valence-corrected chi connectivity index (χ4v) is 9.56. The molecular weight excluding hydrogens is 829 g/mol. The van der Waals surface area contributed by atoms with Crippen molar-refractivity contribution in [3.05, 3.63) is 174 Å². The first-order valence-electron chi connectivity index (χ1n) is 19.9. The minimum atomic E-state index is 0. The van der Waals surface area contributed by atoms with Gasteiger partial charge in [-0.25, -0.2) is 0 Å². The number of aryl methyl sites for hydroxylation is 4. The maximum Gasteiger partial charge on any atom is 2.00 e. The van der Waals surface area contributed by atoms with Crippen molar-refractivity contribution in [2.45, 2.75) is 27.7 Å². The molecule has 5 heterocycles. The Bertz CT molecular complexity index is 3730. The quantitative estimate of drug-likeness (QED) is 0.100. The molecule has 0 spiro atoms. The molecule has 0 radical (unpaired) electrons. The topological polar surface area (TPSA) is 56.7 Å². The Kier molecular flexibility index (Phi) is 8.19. The van der Waals surface area contributed by atoms with E-state index in [9.17, 15) is 0 Å². The first kappa shape index (κ1) is 36.2. The van der Waals surface area contributed by atoms with Gasteiger partial charge in [0.25, 0.3) is 0 Å². The van der Waals surface area contributed by atoms with E-state index in [2.05, 4.69) is 151 Å². The van der Waals surface area contributed by atoms with Gasteiger partial charge < -0.3 is 13.5 Å². The predicted molar refractivity (Wildman–Crippen MR) is 241 cm³/mol. The standard InChI is InChI=1S/C53H35N5O.Pd/c1-30-11-9-12-31(2)49(30)34-25-40-38-22-20-36(59-35-19-21-37-39-23-24-54-29-48(39)57-46-17-7-5-15-44(46)55-52(57)41(37)27-35)28-42(38)53-56-45-16-6-8-18-47(45)58(53)51(40)43(26-34)50-32(3)13-10-14-33(50)4;/h5-26,29H,1-4H3;/q-2;+2. The number of imidazole rings is 2. The van der Waals surface area contributed by atoms with E-state index in [1.54, 1.807) is 0 Å². The van der Waals surface area contributed by atoms with Gasteiger partial charge in [0.2, 0.25) is 0 Å². The molecular formula is C53H35N5OPd. The zero-order valence-electron chi connectivity index (χ0n) is 33.2. The van der Waals surface area contributed by atoms with Gasteiger partial charge in [-0.15, -0.1) is 12.1 Å². The van der Waals surface area contributed by atoms with Crippen LogP contribution in [-0.2, 0) is 20.4 Å². The third kappa shape index (κ3) is 5.26. The summed E-state index contributed by atoms with van der Waals surface area (Å²) in [6.07, 6.45) is 3.74. The largest absolute Gasteiger partial charge is 2.00 e. The molecule has 0 aliphatic heterocycles. The van der Waals surface area contributed by atoms with E-state index in [4.69, 9.17) is 14.7 Å². The average Bonchev–Trinajstić information content (AvgIpc) is 3.84. The number of hydrogen-bond acceptors (Lipinski definition) is 4. The van der Waals surface area contributed by atoms with Crippen molar-refractivity contribution in [3.63, 3.8) is 0 Å². The Balaban J connectivity index is 0.00000408. The summed E-state index contributed by atoms with van der Waals surface area (Å²) in [6.45, 7) is 8.84. The molecule has 0 atom stereocenters. The van der Waals surface area contributed by atoms with Gasteiger partial charge in [0.05, 0.1) is 38.9 Å². The molecule has 0 fully saturated rings. The van der Waals surface area contributed by atoms with Crippen LogP contribution in [0.4, 0.5) is 0 Å². The van der Waals surface area contributed by atoms with Crippen molar-refractivity contribution in [3.8, 4) is 33.8 Å². The molecule has 7 aromatic carbocycles. The van der Waals surface area contributed by atoms with Crippen LogP contribution < -0.4 is 4.74 Å². The SMILES string of the molecule is Cc1cccc(C)c1-c1cc(-c2c(C)cccc2C)c2c(c1)c1ccc(Oc3[c-]c4c(cc3)c3ccncc3n3c5ccccc5nc43)[c-]c1c1nc3ccccc3n12.[Pd+2]. The van der Waals surface area contributed by atoms with Crippen molar-refractivity contribution in [1.29, 1.82) is 0 Å². The van der Waals surface area contributed by atoms with E-state index in [-0.39, 0.29) is 20.4 Å². The van der Waals surface area contributed by atoms with E-state index >= 15 is 0 Å². The molecule has 0 saturated carbocycles. The molecule has 0 unspecified atom stereocenters. The van der Waals surface area contributed by atoms with E-state index in [0.29, 0.717) is 11.5 Å². The normalized spacial score (nSPS) is 11.9. The molecule has 5 aromatic heterocycles. The first-order chi connectivity index (χ1) is 28.9. The maximum absolute atomic E-state index is 6.72. The van der Waals surface area contributed by atoms with Crippen LogP contribution in [0, 0.1) is 39.8 Å². The van der Waals surface area contributed by atoms with Crippen molar-refractivity contribution in [2.75, 3.05) is 0 Å². The van der Waals surface area contributed by atoms with Crippen LogP contribution in [0.5, 0.6) is 11.5 Å². The summed E-state index contributed by atoms with van der Waals surface area (Å²) in [7, 11) is 0. The molecule has 0 saturated heterocycles. The van der Waals surface area contributed by atoms with Gasteiger partial charge in [-0.05, 0) is 114 Å². The second-order valence-electron chi connectivity index (χ2n) is 15.7. The average molecular weight is 864 g/mol. The van der Waals surface area contributed by atoms with Crippen molar-refractivity contribution in [2.24, 2.45) is 0 Å². The number of nitrogens with zero attached hydrogens (tertiary/aromatic N) is 5. The molecule has 288 valence electrons. The van der Waals surface area contributed by atoms with E-state index in [1.807, 2.05) is 42.7 Å². The summed E-state index contributed by atoms with van der Waals surface area (Å²) in [5.74, 6) is 1.16. The van der Waals surface area contributed by atoms with Crippen LogP contribution in [0.25, 0.3) is 99.0 Å². The predicted octanol–water partition coefficient (Wildman–Crippen LogP) is 13.3. The zero-order valence-corrected chi connectivity index (χ0v) is 34.8. The van der Waals surface area contributed by atoms with Gasteiger partial charge in [0.1, 0.15) is 0 Å². The van der Waals surface area contributed by atoms with E-state index < -0.39 is 0 Å². The molecule has 12 rings (SSSR count). The van der Waals surface area contributed by atoms with Crippen LogP contribution >= 0.6 is 0 Å². The van der Waals surface area contributed by atoms with Crippen molar-refractivity contribution in [1.82, 2.24) is 23.8 Å². The fraction of sp³-hybridized carbons (Fsp3) is 0.0755. The number of benzene rings is 7. The van der Waals surface area contributed by atoms with Gasteiger partial charge in [-0.2, -0.15) is 0 Å². The Hall–Kier alpha value is -6.91. The molecule has 0 N–H and O–H groups in total. The van der Waals surface area contributed by atoms with Crippen LogP contribution in [0.2, 0.25) is 0 Å². The third-order valence-electron chi connectivity index (χ3n) is 12.1. The minimum Gasteiger partial charge on any atom is -0.497 e. The first-order valence-corrected chi connectivity index (χ1v) is 19.9. The van der Waals surface area contributed by atoms with Crippen LogP contribution in [0.15, 0.2) is 140 Å². The molecule has 0 aliphatic carbocycles. The minimum absolute atomic E-state index is 0. The number of rotatable bonds is 4. The van der Waals surface area contributed by atoms with Crippen LogP contribution in [0.1, 0.15) is 22.3 Å². The molecule has 0 amide bonds. The molecule has 12 aromatic rings. The Morgan fingerprint density at radius 2 is 1.05 bits per heavy atom. The second-order valence-corrected chi connectivity index (χ2v) is 15.7. The number of ether oxygens (including phenoxy) is 1. The summed E-state index contributed by atoms with van der Waals surface area (Å²) in [4.78, 5) is 14.9. The third-order valence-corrected chi connectivity index (χ3v) is 12.1. The molecule has 6 nitrogen and oxygen atoms in total. The monoisotopic (exact) mass is 863 g/mol. The smallest absolute Gasteiger partial charge is 0.497 e. The van der Waals surface area contributed by atoms with Gasteiger partial charge in [0.15, 0.2) is 0 Å². The van der Waals surface area contributed by atoms with Crippen LogP contribution in [-0.4, -0.2) is 23.8 Å². The maximum atomic E-state index is 6.72. The van der Waals surface area contributed by atoms with Crippen molar-refractivity contribution < 1.29 is 25.2 Å². The number of fused-ring (bicyclic) bond motifs is 16. The van der Waals surface area contributed by atoms with E-state index in [1.165, 1.54) is 44.5 Å². The van der Waals surface area contributed by atoms with Gasteiger partial charge in [-0.1, -0.05) is 113 Å². The summed E-state index contributed by atoms with van der Waals surface area (Å²) < 4.78 is 11.2. The number of pyridine rings is 3. The van der Waals surface area contributed by atoms with Gasteiger partial charge in [0, 0.05) is 35.0 Å². The Labute approximate surface area is 359 Å². The Morgan fingerprint density at radius 1 is 0.500 bits per heavy atom. The fourth-order valence-electron chi connectivity index (χ4n) is 9.56. The van der Waals surface area contributed by atoms with Gasteiger partial charge in [-0.3, -0.25) is 15.0 Å². The number of hydrogen-bond donors (Lipinski definition) is 0. The van der Waals surface area contributed by atoms with Crippen molar-refractivity contribution >= 4 is 76.7 Å². The van der Waals surface area contributed by atoms with Crippen LogP contribution in [0.3, 0.4) is 0 Å². The summed E-state index contributed by atoms with van der Waals surface area (Å²) in [5.41, 5.74) is 17.5. The second kappa shape index (κ2) is 13.6. The molecule has 7 heteroatoms. The summed E-state index contributed by atoms with van der Waals surface area (Å²) in [5, 5.41) is 6.07. The van der Waals surface area contributed by atoms with Gasteiger partial charge >= 0.3 is 20.4 Å². The molecule has 60 heavy (non-hydrogen) atoms. The molecule has 0 aliphatic rings. The summed E-state index contributed by atoms with van der Waals surface area (Å²) in [6, 6.07) is 52.1. The zero-order chi connectivity index (χ0) is 39.5. The summed E-state index contributed by atoms with van der Waals surface area (Å²) >= 11 is 0. The number of aromatic nitrogens is 5. The van der Waals surface area contributed by atoms with E-state index in [0.717, 1.165) is 76.7 Å². The number of para-hydroxylation sites is 4. The molecule has 0 bridgehead atoms. The Morgan fingerprint density at radius 3 is 1.68 bits per heavy atom.